The van der Waals surface area contributed by atoms with Gasteiger partial charge in [0.05, 0.1) is 11.7 Å². The normalized spacial score (nSPS) is 36.8. The summed E-state index contributed by atoms with van der Waals surface area (Å²) in [6.45, 7) is 10.8. The Morgan fingerprint density at radius 3 is 2.77 bits per heavy atom. The highest BCUT2D eigenvalue weighted by atomic mass is 16.5. The Morgan fingerprint density at radius 1 is 1.23 bits per heavy atom. The fourth-order valence-corrected chi connectivity index (χ4v) is 4.17. The lowest BCUT2D eigenvalue weighted by atomic mass is 9.99. The van der Waals surface area contributed by atoms with Crippen molar-refractivity contribution in [3.8, 4) is 0 Å². The van der Waals surface area contributed by atoms with Crippen molar-refractivity contribution in [2.24, 2.45) is 16.8 Å². The number of piperazine rings is 1. The molecular weight excluding hydrogens is 276 g/mol. The molecule has 0 amide bonds. The van der Waals surface area contributed by atoms with Crippen LogP contribution in [0, 0.1) is 11.8 Å². The number of nitrogens with one attached hydrogen (secondary N) is 2. The summed E-state index contributed by atoms with van der Waals surface area (Å²) in [5, 5.41) is 7.35. The van der Waals surface area contributed by atoms with Crippen LogP contribution in [0.2, 0.25) is 0 Å². The van der Waals surface area contributed by atoms with Crippen molar-refractivity contribution < 1.29 is 4.74 Å². The van der Waals surface area contributed by atoms with E-state index in [9.17, 15) is 0 Å². The molecule has 0 radical (unpaired) electrons. The molecule has 0 aromatic carbocycles. The minimum Gasteiger partial charge on any atom is -0.486 e. The molecular formula is C17H28N4O. The molecule has 4 heterocycles. The average molecular weight is 304 g/mol. The van der Waals surface area contributed by atoms with Crippen LogP contribution < -0.4 is 10.6 Å². The predicted molar refractivity (Wildman–Crippen MR) is 87.5 cm³/mol. The van der Waals surface area contributed by atoms with Crippen molar-refractivity contribution in [2.75, 3.05) is 13.2 Å². The van der Waals surface area contributed by atoms with Crippen LogP contribution >= 0.6 is 0 Å². The molecule has 4 aliphatic rings. The monoisotopic (exact) mass is 304 g/mol. The molecule has 122 valence electrons. The number of aliphatic imine (C=N–C) groups is 1. The third kappa shape index (κ3) is 2.13. The number of nitrogens with zero attached hydrogens (tertiary/aromatic N) is 2. The molecule has 2 N–H and O–H groups in total. The van der Waals surface area contributed by atoms with Gasteiger partial charge in [0.25, 0.3) is 0 Å². The number of ether oxygens (including phenoxy) is 1. The molecule has 0 aromatic rings. The van der Waals surface area contributed by atoms with Crippen LogP contribution in [-0.2, 0) is 4.74 Å². The van der Waals surface area contributed by atoms with E-state index in [-0.39, 0.29) is 6.17 Å². The smallest absolute Gasteiger partial charge is 0.180 e. The van der Waals surface area contributed by atoms with E-state index >= 15 is 0 Å². The maximum absolute atomic E-state index is 6.21. The van der Waals surface area contributed by atoms with Crippen LogP contribution in [0.5, 0.6) is 0 Å². The Hall–Kier alpha value is -1.23. The number of allylic oxidation sites excluding steroid dienone is 1. The first-order chi connectivity index (χ1) is 10.5. The molecule has 4 unspecified atom stereocenters. The molecule has 2 bridgehead atoms. The van der Waals surface area contributed by atoms with E-state index in [4.69, 9.17) is 9.73 Å². The van der Waals surface area contributed by atoms with Crippen LogP contribution in [0.15, 0.2) is 16.4 Å². The summed E-state index contributed by atoms with van der Waals surface area (Å²) >= 11 is 0. The molecule has 4 atom stereocenters. The molecule has 3 saturated heterocycles. The maximum Gasteiger partial charge on any atom is 0.180 e. The fraction of sp³-hybridized carbons (Fsp3) is 0.824. The van der Waals surface area contributed by atoms with Crippen LogP contribution in [0.4, 0.5) is 0 Å². The summed E-state index contributed by atoms with van der Waals surface area (Å²) in [5.74, 6) is 3.01. The van der Waals surface area contributed by atoms with Gasteiger partial charge in [0, 0.05) is 18.6 Å². The number of amidine groups is 1. The minimum absolute atomic E-state index is 0.158. The summed E-state index contributed by atoms with van der Waals surface area (Å²) in [6.07, 6.45) is 2.71. The number of hydrogen-bond donors (Lipinski definition) is 2. The van der Waals surface area contributed by atoms with Crippen molar-refractivity contribution in [3.63, 3.8) is 0 Å². The molecule has 5 heteroatoms. The van der Waals surface area contributed by atoms with E-state index in [0.29, 0.717) is 30.0 Å². The summed E-state index contributed by atoms with van der Waals surface area (Å²) in [7, 11) is 0. The largest absolute Gasteiger partial charge is 0.486 e. The first-order valence-corrected chi connectivity index (χ1v) is 8.79. The molecule has 22 heavy (non-hydrogen) atoms. The molecule has 0 aromatic heterocycles. The summed E-state index contributed by atoms with van der Waals surface area (Å²) in [6, 6.07) is 1.64. The Balaban J connectivity index is 1.73. The Labute approximate surface area is 133 Å². The van der Waals surface area contributed by atoms with E-state index in [0.717, 1.165) is 24.7 Å². The zero-order valence-electron chi connectivity index (χ0n) is 14.1. The Kier molecular flexibility index (Phi) is 3.36. The third-order valence-corrected chi connectivity index (χ3v) is 5.45. The molecule has 3 fully saturated rings. The summed E-state index contributed by atoms with van der Waals surface area (Å²) in [4.78, 5) is 7.58. The summed E-state index contributed by atoms with van der Waals surface area (Å²) in [5.41, 5.74) is 1.23. The lowest BCUT2D eigenvalue weighted by Gasteiger charge is -2.48. The highest BCUT2D eigenvalue weighted by Gasteiger charge is 2.47. The van der Waals surface area contributed by atoms with Crippen LogP contribution in [0.25, 0.3) is 0 Å². The zero-order chi connectivity index (χ0) is 15.4. The highest BCUT2D eigenvalue weighted by Crippen LogP contribution is 2.34. The Morgan fingerprint density at radius 2 is 2.05 bits per heavy atom. The van der Waals surface area contributed by atoms with Crippen molar-refractivity contribution in [2.45, 2.75) is 64.8 Å². The lowest BCUT2D eigenvalue weighted by molar-refractivity contribution is 0.0668. The second-order valence-electron chi connectivity index (χ2n) is 7.76. The van der Waals surface area contributed by atoms with Crippen LogP contribution in [0.3, 0.4) is 0 Å². The van der Waals surface area contributed by atoms with Crippen molar-refractivity contribution in [1.82, 2.24) is 15.5 Å². The van der Waals surface area contributed by atoms with Gasteiger partial charge in [0.15, 0.2) is 11.6 Å². The average Bonchev–Trinajstić information content (AvgIpc) is 2.88. The van der Waals surface area contributed by atoms with Gasteiger partial charge in [-0.1, -0.05) is 27.7 Å². The van der Waals surface area contributed by atoms with E-state index in [1.165, 1.54) is 18.5 Å². The number of hydrogen-bond acceptors (Lipinski definition) is 5. The van der Waals surface area contributed by atoms with Gasteiger partial charge in [0.1, 0.15) is 12.8 Å². The second kappa shape index (κ2) is 5.15. The van der Waals surface area contributed by atoms with E-state index in [1.54, 1.807) is 0 Å². The lowest BCUT2D eigenvalue weighted by Crippen LogP contribution is -2.64. The van der Waals surface area contributed by atoms with E-state index < -0.39 is 0 Å². The van der Waals surface area contributed by atoms with Gasteiger partial charge in [-0.2, -0.15) is 0 Å². The molecule has 4 aliphatic heterocycles. The standard InChI is InChI=1S/C17H28N4O/c1-9(2)14-15-17(20-16(19-14)10(3)4)21-7-11-5-6-12(18-11)13(21)8-22-15/h9-13,16,18-19H,5-8H2,1-4H3. The molecule has 0 aliphatic carbocycles. The first-order valence-electron chi connectivity index (χ1n) is 8.79. The highest BCUT2D eigenvalue weighted by molar-refractivity contribution is 5.99. The molecule has 5 nitrogen and oxygen atoms in total. The number of rotatable bonds is 2. The molecule has 0 spiro atoms. The van der Waals surface area contributed by atoms with Crippen molar-refractivity contribution >= 4 is 5.84 Å². The minimum atomic E-state index is 0.158. The van der Waals surface area contributed by atoms with Gasteiger partial charge in [-0.05, 0) is 24.7 Å². The number of morpholine rings is 1. The van der Waals surface area contributed by atoms with Gasteiger partial charge < -0.3 is 20.3 Å². The predicted octanol–water partition coefficient (Wildman–Crippen LogP) is 1.67. The first kappa shape index (κ1) is 14.4. The Bertz CT molecular complexity index is 525. The van der Waals surface area contributed by atoms with E-state index in [1.807, 2.05) is 0 Å². The zero-order valence-corrected chi connectivity index (χ0v) is 14.1. The topological polar surface area (TPSA) is 48.9 Å². The second-order valence-corrected chi connectivity index (χ2v) is 7.76. The maximum atomic E-state index is 6.21. The quantitative estimate of drug-likeness (QED) is 0.815. The fourth-order valence-electron chi connectivity index (χ4n) is 4.17. The van der Waals surface area contributed by atoms with Crippen molar-refractivity contribution in [1.29, 1.82) is 0 Å². The van der Waals surface area contributed by atoms with E-state index in [2.05, 4.69) is 43.2 Å². The van der Waals surface area contributed by atoms with Gasteiger partial charge in [-0.3, -0.25) is 0 Å². The van der Waals surface area contributed by atoms with Gasteiger partial charge in [-0.25, -0.2) is 4.99 Å². The number of fused-ring (bicyclic) bond motifs is 6. The van der Waals surface area contributed by atoms with Gasteiger partial charge in [0.2, 0.25) is 0 Å². The van der Waals surface area contributed by atoms with Gasteiger partial charge >= 0.3 is 0 Å². The third-order valence-electron chi connectivity index (χ3n) is 5.45. The van der Waals surface area contributed by atoms with Crippen LogP contribution in [0.1, 0.15) is 40.5 Å². The van der Waals surface area contributed by atoms with Gasteiger partial charge in [-0.15, -0.1) is 0 Å². The summed E-state index contributed by atoms with van der Waals surface area (Å²) < 4.78 is 6.21. The van der Waals surface area contributed by atoms with Crippen molar-refractivity contribution in [3.05, 3.63) is 11.5 Å². The van der Waals surface area contributed by atoms with Crippen LogP contribution in [-0.4, -0.2) is 48.2 Å². The molecule has 4 rings (SSSR count). The molecule has 0 saturated carbocycles. The SMILES string of the molecule is CC(C)C1=C2OCC3C4CCC(CN3C2=NC(C(C)C)N1)N4.